The minimum absolute atomic E-state index is 0.660. The number of fused-ring (bicyclic) bond motifs is 3. The second-order valence-electron chi connectivity index (χ2n) is 5.67. The van der Waals surface area contributed by atoms with Crippen LogP contribution >= 0.6 is 23.3 Å². The molecular formula is C17H18N2S2. The summed E-state index contributed by atoms with van der Waals surface area (Å²) in [6, 6.07) is 13.5. The van der Waals surface area contributed by atoms with E-state index >= 15 is 0 Å². The molecule has 4 heteroatoms. The Balaban J connectivity index is 1.59. The van der Waals surface area contributed by atoms with Crippen molar-refractivity contribution in [3.8, 4) is 0 Å². The molecule has 2 aromatic carbocycles. The van der Waals surface area contributed by atoms with Crippen LogP contribution in [0.1, 0.15) is 32.1 Å². The van der Waals surface area contributed by atoms with E-state index in [-0.39, 0.29) is 0 Å². The largest absolute Gasteiger partial charge is 0.255 e. The van der Waals surface area contributed by atoms with Gasteiger partial charge < -0.3 is 0 Å². The van der Waals surface area contributed by atoms with Gasteiger partial charge in [0.05, 0.1) is 10.2 Å². The van der Waals surface area contributed by atoms with Crippen molar-refractivity contribution >= 4 is 44.3 Å². The van der Waals surface area contributed by atoms with Crippen molar-refractivity contribution in [3.05, 3.63) is 36.4 Å². The molecule has 1 heterocycles. The van der Waals surface area contributed by atoms with Crippen LogP contribution in [-0.2, 0) is 0 Å². The maximum Gasteiger partial charge on any atom is 0.166 e. The molecule has 108 valence electrons. The van der Waals surface area contributed by atoms with Gasteiger partial charge in [0, 0.05) is 11.4 Å². The predicted molar refractivity (Wildman–Crippen MR) is 93.0 cm³/mol. The van der Waals surface area contributed by atoms with Crippen LogP contribution in [0.2, 0.25) is 0 Å². The van der Waals surface area contributed by atoms with Crippen molar-refractivity contribution in [1.29, 1.82) is 0 Å². The topological polar surface area (TPSA) is 24.9 Å². The third-order valence-corrected chi connectivity index (χ3v) is 6.29. The number of hydrogen-bond donors (Lipinski definition) is 1. The first-order chi connectivity index (χ1) is 10.4. The fourth-order valence-corrected chi connectivity index (χ4v) is 5.07. The molecule has 1 aliphatic rings. The Bertz CT molecular complexity index is 760. The summed E-state index contributed by atoms with van der Waals surface area (Å²) in [5, 5.41) is 2.61. The quantitative estimate of drug-likeness (QED) is 0.657. The van der Waals surface area contributed by atoms with Gasteiger partial charge in [-0.1, -0.05) is 49.6 Å². The molecule has 1 saturated carbocycles. The molecule has 0 unspecified atom stereocenters. The Morgan fingerprint density at radius 3 is 2.81 bits per heavy atom. The molecule has 1 aromatic heterocycles. The van der Waals surface area contributed by atoms with E-state index in [9.17, 15) is 0 Å². The lowest BCUT2D eigenvalue weighted by molar-refractivity contribution is 0.423. The fourth-order valence-electron chi connectivity index (χ4n) is 3.03. The molecule has 0 bridgehead atoms. The highest BCUT2D eigenvalue weighted by molar-refractivity contribution is 7.99. The van der Waals surface area contributed by atoms with Crippen LogP contribution in [0, 0.1) is 0 Å². The standard InChI is InChI=1S/C17H18N2S2/c1-2-7-13(8-3-1)19-21-17-18-15-11-10-12-6-4-5-9-14(12)16(15)20-17/h4-6,9-11,13,19H,1-3,7-8H2. The summed E-state index contributed by atoms with van der Waals surface area (Å²) in [7, 11) is 0. The van der Waals surface area contributed by atoms with E-state index in [4.69, 9.17) is 4.98 Å². The third kappa shape index (κ3) is 2.80. The molecule has 0 radical (unpaired) electrons. The zero-order chi connectivity index (χ0) is 14.1. The molecule has 1 fully saturated rings. The number of benzene rings is 2. The molecule has 3 aromatic rings. The molecule has 2 nitrogen and oxygen atoms in total. The highest BCUT2D eigenvalue weighted by Crippen LogP contribution is 2.34. The van der Waals surface area contributed by atoms with Crippen molar-refractivity contribution in [3.63, 3.8) is 0 Å². The van der Waals surface area contributed by atoms with Crippen molar-refractivity contribution < 1.29 is 0 Å². The number of thiazole rings is 1. The van der Waals surface area contributed by atoms with Crippen LogP contribution in [-0.4, -0.2) is 11.0 Å². The first kappa shape index (κ1) is 13.6. The summed E-state index contributed by atoms with van der Waals surface area (Å²) in [5.41, 5.74) is 1.12. The summed E-state index contributed by atoms with van der Waals surface area (Å²) >= 11 is 3.52. The highest BCUT2D eigenvalue weighted by Gasteiger charge is 2.14. The van der Waals surface area contributed by atoms with Crippen molar-refractivity contribution in [2.45, 2.75) is 42.5 Å². The molecule has 0 spiro atoms. The molecule has 4 rings (SSSR count). The summed E-state index contributed by atoms with van der Waals surface area (Å²) in [4.78, 5) is 4.77. The summed E-state index contributed by atoms with van der Waals surface area (Å²) in [6.07, 6.45) is 6.74. The smallest absolute Gasteiger partial charge is 0.166 e. The molecular weight excluding hydrogens is 296 g/mol. The lowest BCUT2D eigenvalue weighted by Gasteiger charge is -2.21. The van der Waals surface area contributed by atoms with Crippen LogP contribution < -0.4 is 4.72 Å². The molecule has 0 atom stereocenters. The molecule has 0 saturated heterocycles. The minimum atomic E-state index is 0.660. The van der Waals surface area contributed by atoms with Gasteiger partial charge in [0.1, 0.15) is 0 Å². The molecule has 1 aliphatic carbocycles. The van der Waals surface area contributed by atoms with Crippen LogP contribution in [0.25, 0.3) is 21.0 Å². The second-order valence-corrected chi connectivity index (χ2v) is 7.75. The Hall–Kier alpha value is -1.10. The first-order valence-corrected chi connectivity index (χ1v) is 9.24. The van der Waals surface area contributed by atoms with E-state index in [1.54, 1.807) is 23.3 Å². The average Bonchev–Trinajstić information content (AvgIpc) is 2.97. The minimum Gasteiger partial charge on any atom is -0.255 e. The number of hydrogen-bond acceptors (Lipinski definition) is 4. The van der Waals surface area contributed by atoms with Crippen molar-refractivity contribution in [2.75, 3.05) is 0 Å². The van der Waals surface area contributed by atoms with E-state index in [2.05, 4.69) is 41.1 Å². The second kappa shape index (κ2) is 5.95. The molecule has 1 N–H and O–H groups in total. The SMILES string of the molecule is c1ccc2c(c1)ccc1nc(SNC3CCCCC3)sc12. The number of rotatable bonds is 3. The maximum atomic E-state index is 4.77. The Morgan fingerprint density at radius 1 is 1.05 bits per heavy atom. The van der Waals surface area contributed by atoms with E-state index in [0.29, 0.717) is 6.04 Å². The van der Waals surface area contributed by atoms with Gasteiger partial charge in [0.15, 0.2) is 4.34 Å². The number of aromatic nitrogens is 1. The van der Waals surface area contributed by atoms with E-state index in [0.717, 1.165) is 9.86 Å². The average molecular weight is 314 g/mol. The van der Waals surface area contributed by atoms with E-state index in [1.807, 2.05) is 0 Å². The Labute approximate surface area is 133 Å². The lowest BCUT2D eigenvalue weighted by Crippen LogP contribution is -2.25. The zero-order valence-electron chi connectivity index (χ0n) is 11.8. The molecule has 0 aliphatic heterocycles. The van der Waals surface area contributed by atoms with Gasteiger partial charge >= 0.3 is 0 Å². The van der Waals surface area contributed by atoms with Gasteiger partial charge in [0.2, 0.25) is 0 Å². The molecule has 0 amide bonds. The third-order valence-electron chi connectivity index (χ3n) is 4.18. The van der Waals surface area contributed by atoms with E-state index in [1.165, 1.54) is 47.6 Å². The van der Waals surface area contributed by atoms with Crippen LogP contribution in [0.3, 0.4) is 0 Å². The highest BCUT2D eigenvalue weighted by atomic mass is 32.2. The van der Waals surface area contributed by atoms with Crippen LogP contribution in [0.5, 0.6) is 0 Å². The Morgan fingerprint density at radius 2 is 1.90 bits per heavy atom. The predicted octanol–water partition coefficient (Wildman–Crippen LogP) is 5.38. The van der Waals surface area contributed by atoms with E-state index < -0.39 is 0 Å². The Kier molecular flexibility index (Phi) is 3.84. The van der Waals surface area contributed by atoms with Gasteiger partial charge in [-0.05, 0) is 36.2 Å². The van der Waals surface area contributed by atoms with Gasteiger partial charge in [-0.15, -0.1) is 11.3 Å². The number of nitrogens with one attached hydrogen (secondary N) is 1. The van der Waals surface area contributed by atoms with Crippen LogP contribution in [0.4, 0.5) is 0 Å². The van der Waals surface area contributed by atoms with Gasteiger partial charge in [-0.3, -0.25) is 4.72 Å². The van der Waals surface area contributed by atoms with Crippen molar-refractivity contribution in [2.24, 2.45) is 0 Å². The van der Waals surface area contributed by atoms with Crippen molar-refractivity contribution in [1.82, 2.24) is 9.71 Å². The summed E-state index contributed by atoms with van der Waals surface area (Å²) in [5.74, 6) is 0. The normalized spacial score (nSPS) is 16.8. The number of nitrogens with zero attached hydrogens (tertiary/aromatic N) is 1. The van der Waals surface area contributed by atoms with Gasteiger partial charge in [-0.2, -0.15) is 0 Å². The first-order valence-electron chi connectivity index (χ1n) is 7.61. The lowest BCUT2D eigenvalue weighted by atomic mass is 9.96. The summed E-state index contributed by atoms with van der Waals surface area (Å²) < 4.78 is 6.05. The monoisotopic (exact) mass is 314 g/mol. The molecule has 21 heavy (non-hydrogen) atoms. The van der Waals surface area contributed by atoms with Gasteiger partial charge in [-0.25, -0.2) is 4.98 Å². The maximum absolute atomic E-state index is 4.77. The summed E-state index contributed by atoms with van der Waals surface area (Å²) in [6.45, 7) is 0. The zero-order valence-corrected chi connectivity index (χ0v) is 13.5. The van der Waals surface area contributed by atoms with Crippen LogP contribution in [0.15, 0.2) is 40.7 Å². The van der Waals surface area contributed by atoms with Gasteiger partial charge in [0.25, 0.3) is 0 Å². The fraction of sp³-hybridized carbons (Fsp3) is 0.353.